The fourth-order valence-corrected chi connectivity index (χ4v) is 3.51. The fraction of sp³-hybridized carbons (Fsp3) is 0.667. The quantitative estimate of drug-likeness (QED) is 0.764. The molecule has 3 aliphatic rings. The first-order valence-electron chi connectivity index (χ1n) is 7.18. The molecular weight excluding hydrogens is 240 g/mol. The molecule has 104 valence electrons. The van der Waals surface area contributed by atoms with Gasteiger partial charge in [-0.1, -0.05) is 18.2 Å². The first-order valence-corrected chi connectivity index (χ1v) is 7.18. The van der Waals surface area contributed by atoms with Gasteiger partial charge in [0.25, 0.3) is 0 Å². The van der Waals surface area contributed by atoms with Gasteiger partial charge in [-0.05, 0) is 38.3 Å². The van der Waals surface area contributed by atoms with Crippen molar-refractivity contribution in [3.63, 3.8) is 0 Å². The first-order chi connectivity index (χ1) is 9.20. The van der Waals surface area contributed by atoms with Crippen LogP contribution >= 0.6 is 0 Å². The first kappa shape index (κ1) is 12.7. The lowest BCUT2D eigenvalue weighted by molar-refractivity contribution is -0.0120. The predicted octanol–water partition coefficient (Wildman–Crippen LogP) is 2.18. The van der Waals surface area contributed by atoms with E-state index in [1.807, 2.05) is 4.90 Å². The van der Waals surface area contributed by atoms with Crippen LogP contribution in [-0.2, 0) is 4.74 Å². The van der Waals surface area contributed by atoms with Gasteiger partial charge in [0.15, 0.2) is 0 Å². The van der Waals surface area contributed by atoms with Crippen LogP contribution < -0.4 is 0 Å². The summed E-state index contributed by atoms with van der Waals surface area (Å²) in [6, 6.07) is 0. The molecular formula is C15H22N2O2. The van der Waals surface area contributed by atoms with Gasteiger partial charge in [-0.2, -0.15) is 0 Å². The zero-order valence-electron chi connectivity index (χ0n) is 11.6. The molecule has 19 heavy (non-hydrogen) atoms. The average molecular weight is 262 g/mol. The van der Waals surface area contributed by atoms with Crippen LogP contribution in [0.5, 0.6) is 0 Å². The van der Waals surface area contributed by atoms with Gasteiger partial charge in [0.1, 0.15) is 6.61 Å². The highest BCUT2D eigenvalue weighted by Gasteiger charge is 2.51. The summed E-state index contributed by atoms with van der Waals surface area (Å²) in [4.78, 5) is 16.5. The molecule has 0 atom stereocenters. The van der Waals surface area contributed by atoms with Crippen molar-refractivity contribution in [1.29, 1.82) is 0 Å². The summed E-state index contributed by atoms with van der Waals surface area (Å²) in [5.41, 5.74) is 1.20. The molecule has 2 saturated heterocycles. The minimum Gasteiger partial charge on any atom is -0.445 e. The molecule has 4 heteroatoms. The van der Waals surface area contributed by atoms with Crippen molar-refractivity contribution in [1.82, 2.24) is 9.80 Å². The number of hydrogen-bond acceptors (Lipinski definition) is 3. The maximum atomic E-state index is 12.2. The molecule has 2 aliphatic heterocycles. The standard InChI is InChI=1S/C15H22N2O2/c1-16-11-15(12-16)8-5-9-17(15)14(18)19-10-13-6-3-2-4-7-13/h3,6-7H,2,4-5,8-12H2,1H3. The number of likely N-dealkylation sites (N-methyl/N-ethyl adjacent to an activating group) is 1. The van der Waals surface area contributed by atoms with Gasteiger partial charge in [0.2, 0.25) is 0 Å². The van der Waals surface area contributed by atoms with E-state index in [-0.39, 0.29) is 11.6 Å². The largest absolute Gasteiger partial charge is 0.445 e. The summed E-state index contributed by atoms with van der Waals surface area (Å²) in [5.74, 6) is 0. The molecule has 1 aliphatic carbocycles. The Morgan fingerprint density at radius 1 is 1.42 bits per heavy atom. The fourth-order valence-electron chi connectivity index (χ4n) is 3.51. The van der Waals surface area contributed by atoms with Crippen LogP contribution in [-0.4, -0.2) is 54.7 Å². The van der Waals surface area contributed by atoms with Gasteiger partial charge >= 0.3 is 6.09 Å². The van der Waals surface area contributed by atoms with Crippen LogP contribution in [0.2, 0.25) is 0 Å². The monoisotopic (exact) mass is 262 g/mol. The summed E-state index contributed by atoms with van der Waals surface area (Å²) in [6.07, 6.45) is 10.6. The number of ether oxygens (including phenoxy) is 1. The Hall–Kier alpha value is -1.29. The smallest absolute Gasteiger partial charge is 0.410 e. The number of amides is 1. The molecule has 0 N–H and O–H groups in total. The third-order valence-corrected chi connectivity index (χ3v) is 4.38. The summed E-state index contributed by atoms with van der Waals surface area (Å²) in [6.45, 7) is 3.24. The van der Waals surface area contributed by atoms with Crippen molar-refractivity contribution in [3.05, 3.63) is 23.8 Å². The van der Waals surface area contributed by atoms with E-state index in [0.29, 0.717) is 6.61 Å². The number of allylic oxidation sites excluding steroid dienone is 2. The molecule has 0 aromatic rings. The van der Waals surface area contributed by atoms with E-state index in [4.69, 9.17) is 4.74 Å². The number of carbonyl (C=O) groups is 1. The molecule has 0 aromatic heterocycles. The molecule has 0 radical (unpaired) electrons. The molecule has 0 bridgehead atoms. The molecule has 0 saturated carbocycles. The number of hydrogen-bond donors (Lipinski definition) is 0. The van der Waals surface area contributed by atoms with E-state index >= 15 is 0 Å². The maximum Gasteiger partial charge on any atom is 0.410 e. The van der Waals surface area contributed by atoms with Crippen LogP contribution in [0.15, 0.2) is 23.8 Å². The molecule has 4 nitrogen and oxygen atoms in total. The van der Waals surface area contributed by atoms with E-state index in [1.54, 1.807) is 0 Å². The Morgan fingerprint density at radius 2 is 2.26 bits per heavy atom. The highest BCUT2D eigenvalue weighted by molar-refractivity contribution is 5.70. The minimum absolute atomic E-state index is 0.0720. The maximum absolute atomic E-state index is 12.2. The van der Waals surface area contributed by atoms with Gasteiger partial charge in [-0.3, -0.25) is 4.90 Å². The van der Waals surface area contributed by atoms with Crippen LogP contribution in [0.3, 0.4) is 0 Å². The van der Waals surface area contributed by atoms with Gasteiger partial charge in [-0.25, -0.2) is 4.79 Å². The van der Waals surface area contributed by atoms with Crippen molar-refractivity contribution in [2.75, 3.05) is 33.3 Å². The summed E-state index contributed by atoms with van der Waals surface area (Å²) < 4.78 is 5.48. The van der Waals surface area contributed by atoms with E-state index in [2.05, 4.69) is 30.2 Å². The molecule has 0 aromatic carbocycles. The highest BCUT2D eigenvalue weighted by atomic mass is 16.6. The normalized spacial score (nSPS) is 25.3. The highest BCUT2D eigenvalue weighted by Crippen LogP contribution is 2.37. The third-order valence-electron chi connectivity index (χ3n) is 4.38. The van der Waals surface area contributed by atoms with Crippen molar-refractivity contribution >= 4 is 6.09 Å². The Bertz CT molecular complexity index is 422. The van der Waals surface area contributed by atoms with Crippen molar-refractivity contribution < 1.29 is 9.53 Å². The van der Waals surface area contributed by atoms with Crippen molar-refractivity contribution in [2.24, 2.45) is 0 Å². The van der Waals surface area contributed by atoms with Crippen LogP contribution in [0.25, 0.3) is 0 Å². The molecule has 1 amide bonds. The lowest BCUT2D eigenvalue weighted by Gasteiger charge is -2.50. The summed E-state index contributed by atoms with van der Waals surface area (Å²) in [5, 5.41) is 0. The van der Waals surface area contributed by atoms with E-state index in [1.165, 1.54) is 0 Å². The van der Waals surface area contributed by atoms with Gasteiger partial charge < -0.3 is 9.64 Å². The topological polar surface area (TPSA) is 32.8 Å². The Morgan fingerprint density at radius 3 is 2.95 bits per heavy atom. The van der Waals surface area contributed by atoms with E-state index < -0.39 is 0 Å². The molecule has 0 unspecified atom stereocenters. The predicted molar refractivity (Wildman–Crippen MR) is 74.0 cm³/mol. The zero-order valence-corrected chi connectivity index (χ0v) is 11.6. The molecule has 1 spiro atoms. The Kier molecular flexibility index (Phi) is 3.35. The van der Waals surface area contributed by atoms with E-state index in [0.717, 1.165) is 50.9 Å². The summed E-state index contributed by atoms with van der Waals surface area (Å²) in [7, 11) is 2.10. The Balaban J connectivity index is 1.55. The third kappa shape index (κ3) is 2.41. The molecule has 3 rings (SSSR count). The average Bonchev–Trinajstić information content (AvgIpc) is 2.81. The van der Waals surface area contributed by atoms with Crippen LogP contribution in [0.4, 0.5) is 4.79 Å². The number of rotatable bonds is 2. The molecule has 2 heterocycles. The van der Waals surface area contributed by atoms with E-state index in [9.17, 15) is 4.79 Å². The molecule has 2 fully saturated rings. The Labute approximate surface area is 114 Å². The second kappa shape index (κ2) is 5.00. The SMILES string of the molecule is CN1CC2(CCCN2C(=O)OCC2=CCCC=C2)C1. The lowest BCUT2D eigenvalue weighted by atomic mass is 9.88. The zero-order chi connectivity index (χ0) is 13.3. The second-order valence-corrected chi connectivity index (χ2v) is 5.97. The van der Waals surface area contributed by atoms with Gasteiger partial charge in [-0.15, -0.1) is 0 Å². The lowest BCUT2D eigenvalue weighted by Crippen LogP contribution is -2.67. The summed E-state index contributed by atoms with van der Waals surface area (Å²) >= 11 is 0. The second-order valence-electron chi connectivity index (χ2n) is 5.97. The van der Waals surface area contributed by atoms with Gasteiger partial charge in [0, 0.05) is 19.6 Å². The van der Waals surface area contributed by atoms with Crippen molar-refractivity contribution in [3.8, 4) is 0 Å². The minimum atomic E-state index is -0.134. The number of nitrogens with zero attached hydrogens (tertiary/aromatic N) is 2. The van der Waals surface area contributed by atoms with Crippen LogP contribution in [0, 0.1) is 0 Å². The van der Waals surface area contributed by atoms with Crippen molar-refractivity contribution in [2.45, 2.75) is 31.2 Å². The number of likely N-dealkylation sites (tertiary alicyclic amines) is 2. The number of carbonyl (C=O) groups excluding carboxylic acids is 1. The van der Waals surface area contributed by atoms with Gasteiger partial charge in [0.05, 0.1) is 5.54 Å². The van der Waals surface area contributed by atoms with Crippen LogP contribution in [0.1, 0.15) is 25.7 Å².